The topological polar surface area (TPSA) is 101 Å². The third kappa shape index (κ3) is 6.25. The van der Waals surface area contributed by atoms with Crippen LogP contribution in [0.3, 0.4) is 0 Å². The molecule has 0 saturated carbocycles. The SMILES string of the molecule is Cc1ccc(-c2nnc(NC(=O)CN(c3ccc(OC(C)C)cc3)S(C)(=O)=O)s2)cc1. The van der Waals surface area contributed by atoms with Crippen molar-refractivity contribution in [2.24, 2.45) is 0 Å². The molecule has 0 aliphatic rings. The molecule has 0 saturated heterocycles. The van der Waals surface area contributed by atoms with E-state index >= 15 is 0 Å². The molecule has 2 aromatic carbocycles. The highest BCUT2D eigenvalue weighted by Gasteiger charge is 2.22. The number of ether oxygens (including phenoxy) is 1. The smallest absolute Gasteiger partial charge is 0.246 e. The number of carbonyl (C=O) groups excluding carboxylic acids is 1. The zero-order valence-electron chi connectivity index (χ0n) is 17.7. The minimum absolute atomic E-state index is 0.000607. The Bertz CT molecular complexity index is 1140. The van der Waals surface area contributed by atoms with Crippen molar-refractivity contribution in [2.75, 3.05) is 22.4 Å². The average Bonchev–Trinajstić information content (AvgIpc) is 3.14. The number of sulfonamides is 1. The Hall–Kier alpha value is -2.98. The summed E-state index contributed by atoms with van der Waals surface area (Å²) < 4.78 is 31.2. The fraction of sp³-hybridized carbons (Fsp3) is 0.286. The highest BCUT2D eigenvalue weighted by Crippen LogP contribution is 2.27. The molecule has 10 heteroatoms. The largest absolute Gasteiger partial charge is 0.491 e. The number of aryl methyl sites for hydroxylation is 1. The first-order valence-corrected chi connectivity index (χ1v) is 12.2. The molecule has 31 heavy (non-hydrogen) atoms. The Balaban J connectivity index is 1.71. The minimum Gasteiger partial charge on any atom is -0.491 e. The van der Waals surface area contributed by atoms with Gasteiger partial charge in [-0.25, -0.2) is 8.42 Å². The fourth-order valence-electron chi connectivity index (χ4n) is 2.74. The van der Waals surface area contributed by atoms with E-state index in [1.807, 2.05) is 45.0 Å². The number of nitrogens with one attached hydrogen (secondary N) is 1. The summed E-state index contributed by atoms with van der Waals surface area (Å²) >= 11 is 1.22. The standard InChI is InChI=1S/C21H24N4O4S2/c1-14(2)29-18-11-9-17(10-12-18)25(31(4,27)28)13-19(26)22-21-24-23-20(30-21)16-7-5-15(3)6-8-16/h5-12,14H,13H2,1-4H3,(H,22,24,26). The molecule has 0 bridgehead atoms. The normalized spacial score (nSPS) is 11.4. The number of nitrogens with zero attached hydrogens (tertiary/aromatic N) is 3. The molecule has 0 aliphatic carbocycles. The first-order chi connectivity index (χ1) is 14.6. The van der Waals surface area contributed by atoms with Gasteiger partial charge in [0.15, 0.2) is 0 Å². The summed E-state index contributed by atoms with van der Waals surface area (Å²) in [6, 6.07) is 14.3. The highest BCUT2D eigenvalue weighted by atomic mass is 32.2. The molecule has 0 unspecified atom stereocenters. The molecule has 0 aliphatic heterocycles. The second-order valence-electron chi connectivity index (χ2n) is 7.26. The monoisotopic (exact) mass is 460 g/mol. The van der Waals surface area contributed by atoms with Crippen molar-refractivity contribution in [1.82, 2.24) is 10.2 Å². The van der Waals surface area contributed by atoms with Gasteiger partial charge >= 0.3 is 0 Å². The quantitative estimate of drug-likeness (QED) is 0.550. The van der Waals surface area contributed by atoms with Crippen LogP contribution in [0.2, 0.25) is 0 Å². The van der Waals surface area contributed by atoms with Crippen LogP contribution in [0.5, 0.6) is 5.75 Å². The van der Waals surface area contributed by atoms with Crippen molar-refractivity contribution in [3.8, 4) is 16.3 Å². The molecule has 1 amide bonds. The van der Waals surface area contributed by atoms with E-state index in [0.717, 1.165) is 21.7 Å². The van der Waals surface area contributed by atoms with Gasteiger partial charge in [-0.2, -0.15) is 0 Å². The van der Waals surface area contributed by atoms with Gasteiger partial charge in [-0.05, 0) is 45.0 Å². The molecule has 1 heterocycles. The number of aromatic nitrogens is 2. The van der Waals surface area contributed by atoms with Gasteiger partial charge in [0.05, 0.1) is 18.0 Å². The molecule has 1 aromatic heterocycles. The van der Waals surface area contributed by atoms with E-state index < -0.39 is 15.9 Å². The molecule has 0 fully saturated rings. The first kappa shape index (κ1) is 22.7. The molecule has 1 N–H and O–H groups in total. The molecular weight excluding hydrogens is 436 g/mol. The van der Waals surface area contributed by atoms with Crippen molar-refractivity contribution in [3.05, 3.63) is 54.1 Å². The fourth-order valence-corrected chi connectivity index (χ4v) is 4.36. The molecule has 3 aromatic rings. The average molecular weight is 461 g/mol. The molecule has 164 valence electrons. The zero-order chi connectivity index (χ0) is 22.6. The number of anilines is 2. The third-order valence-electron chi connectivity index (χ3n) is 4.15. The maximum absolute atomic E-state index is 12.5. The number of hydrogen-bond donors (Lipinski definition) is 1. The molecule has 0 atom stereocenters. The summed E-state index contributed by atoms with van der Waals surface area (Å²) in [4.78, 5) is 12.5. The summed E-state index contributed by atoms with van der Waals surface area (Å²) in [7, 11) is -3.68. The summed E-state index contributed by atoms with van der Waals surface area (Å²) in [5, 5.41) is 11.7. The molecule has 0 spiro atoms. The lowest BCUT2D eigenvalue weighted by molar-refractivity contribution is -0.114. The summed E-state index contributed by atoms with van der Waals surface area (Å²) in [6.45, 7) is 5.41. The Morgan fingerprint density at radius 2 is 1.74 bits per heavy atom. The van der Waals surface area contributed by atoms with Crippen molar-refractivity contribution >= 4 is 38.1 Å². The second kappa shape index (κ2) is 9.44. The van der Waals surface area contributed by atoms with Gasteiger partial charge in [-0.3, -0.25) is 14.4 Å². The van der Waals surface area contributed by atoms with Crippen molar-refractivity contribution in [2.45, 2.75) is 26.9 Å². The van der Waals surface area contributed by atoms with Crippen LogP contribution < -0.4 is 14.4 Å². The van der Waals surface area contributed by atoms with Crippen LogP contribution >= 0.6 is 11.3 Å². The van der Waals surface area contributed by atoms with Gasteiger partial charge in [0.25, 0.3) is 0 Å². The van der Waals surface area contributed by atoms with Gasteiger partial charge in [0.2, 0.25) is 21.1 Å². The van der Waals surface area contributed by atoms with Gasteiger partial charge in [0, 0.05) is 5.56 Å². The predicted molar refractivity (Wildman–Crippen MR) is 123 cm³/mol. The number of amides is 1. The van der Waals surface area contributed by atoms with Gasteiger partial charge in [0.1, 0.15) is 17.3 Å². The van der Waals surface area contributed by atoms with Crippen LogP contribution in [0.4, 0.5) is 10.8 Å². The highest BCUT2D eigenvalue weighted by molar-refractivity contribution is 7.92. The summed E-state index contributed by atoms with van der Waals surface area (Å²) in [5.41, 5.74) is 2.39. The third-order valence-corrected chi connectivity index (χ3v) is 6.18. The van der Waals surface area contributed by atoms with Crippen molar-refractivity contribution in [3.63, 3.8) is 0 Å². The Kier molecular flexibility index (Phi) is 6.91. The Morgan fingerprint density at radius 1 is 1.10 bits per heavy atom. The van der Waals surface area contributed by atoms with E-state index in [9.17, 15) is 13.2 Å². The zero-order valence-corrected chi connectivity index (χ0v) is 19.3. The molecular formula is C21H24N4O4S2. The Morgan fingerprint density at radius 3 is 2.32 bits per heavy atom. The van der Waals surface area contributed by atoms with Crippen LogP contribution in [0.1, 0.15) is 19.4 Å². The number of rotatable bonds is 8. The van der Waals surface area contributed by atoms with Crippen LogP contribution in [-0.4, -0.2) is 43.4 Å². The van der Waals surface area contributed by atoms with E-state index in [4.69, 9.17) is 4.74 Å². The van der Waals surface area contributed by atoms with E-state index in [2.05, 4.69) is 15.5 Å². The maximum Gasteiger partial charge on any atom is 0.246 e. The Labute approximate surface area is 185 Å². The lowest BCUT2D eigenvalue weighted by atomic mass is 10.2. The second-order valence-corrected chi connectivity index (χ2v) is 10.1. The molecule has 8 nitrogen and oxygen atoms in total. The predicted octanol–water partition coefficient (Wildman–Crippen LogP) is 3.71. The van der Waals surface area contributed by atoms with Crippen LogP contribution in [-0.2, 0) is 14.8 Å². The molecule has 3 rings (SSSR count). The number of carbonyl (C=O) groups is 1. The van der Waals surface area contributed by atoms with Gasteiger partial charge in [-0.15, -0.1) is 10.2 Å². The number of hydrogen-bond acceptors (Lipinski definition) is 7. The minimum atomic E-state index is -3.68. The lowest BCUT2D eigenvalue weighted by Crippen LogP contribution is -2.37. The van der Waals surface area contributed by atoms with Gasteiger partial charge in [-0.1, -0.05) is 41.2 Å². The summed E-state index contributed by atoms with van der Waals surface area (Å²) in [6.07, 6.45) is 1.05. The lowest BCUT2D eigenvalue weighted by Gasteiger charge is -2.22. The van der Waals surface area contributed by atoms with E-state index in [-0.39, 0.29) is 12.6 Å². The van der Waals surface area contributed by atoms with Crippen LogP contribution in [0.25, 0.3) is 10.6 Å². The van der Waals surface area contributed by atoms with E-state index in [1.165, 1.54) is 11.3 Å². The maximum atomic E-state index is 12.5. The van der Waals surface area contributed by atoms with Crippen LogP contribution in [0, 0.1) is 6.92 Å². The molecule has 0 radical (unpaired) electrons. The first-order valence-electron chi connectivity index (χ1n) is 9.56. The van der Waals surface area contributed by atoms with Gasteiger partial charge < -0.3 is 4.74 Å². The van der Waals surface area contributed by atoms with E-state index in [0.29, 0.717) is 21.6 Å². The summed E-state index contributed by atoms with van der Waals surface area (Å²) in [5.74, 6) is 0.105. The van der Waals surface area contributed by atoms with Crippen molar-refractivity contribution in [1.29, 1.82) is 0 Å². The van der Waals surface area contributed by atoms with Crippen molar-refractivity contribution < 1.29 is 17.9 Å². The number of benzene rings is 2. The van der Waals surface area contributed by atoms with Crippen LogP contribution in [0.15, 0.2) is 48.5 Å². The van der Waals surface area contributed by atoms with E-state index in [1.54, 1.807) is 24.3 Å².